The summed E-state index contributed by atoms with van der Waals surface area (Å²) in [6.07, 6.45) is 0. The number of carbonyl (C=O) groups is 1. The summed E-state index contributed by atoms with van der Waals surface area (Å²) in [6.45, 7) is 1.85. The van der Waals surface area contributed by atoms with E-state index < -0.39 is 5.82 Å². The number of ketones is 1. The zero-order chi connectivity index (χ0) is 14.3. The van der Waals surface area contributed by atoms with E-state index >= 15 is 0 Å². The molecule has 100 valence electrons. The molecule has 1 aromatic heterocycles. The van der Waals surface area contributed by atoms with Crippen LogP contribution in [-0.4, -0.2) is 5.78 Å². The number of thiophene rings is 1. The van der Waals surface area contributed by atoms with Crippen molar-refractivity contribution in [2.24, 2.45) is 0 Å². The van der Waals surface area contributed by atoms with Crippen molar-refractivity contribution in [2.75, 3.05) is 0 Å². The molecule has 2 aromatic carbocycles. The average molecular weight is 349 g/mol. The topological polar surface area (TPSA) is 17.1 Å². The molecule has 1 heterocycles. The molecule has 0 spiro atoms. The summed E-state index contributed by atoms with van der Waals surface area (Å²) in [5.74, 6) is -0.745. The minimum Gasteiger partial charge on any atom is -0.288 e. The summed E-state index contributed by atoms with van der Waals surface area (Å²) < 4.78 is 15.8. The number of aryl methyl sites for hydroxylation is 1. The van der Waals surface area contributed by atoms with Gasteiger partial charge in [-0.2, -0.15) is 0 Å². The Labute approximate surface area is 128 Å². The molecule has 0 saturated heterocycles. The van der Waals surface area contributed by atoms with Gasteiger partial charge in [-0.1, -0.05) is 23.8 Å². The van der Waals surface area contributed by atoms with Crippen molar-refractivity contribution >= 4 is 43.1 Å². The molecule has 0 aliphatic heterocycles. The van der Waals surface area contributed by atoms with Crippen LogP contribution in [0.4, 0.5) is 4.39 Å². The second kappa shape index (κ2) is 5.11. The first-order chi connectivity index (χ1) is 9.58. The Morgan fingerprint density at radius 1 is 1.20 bits per heavy atom. The van der Waals surface area contributed by atoms with E-state index in [9.17, 15) is 9.18 Å². The van der Waals surface area contributed by atoms with E-state index in [0.29, 0.717) is 5.56 Å². The maximum Gasteiger partial charge on any atom is 0.197 e. The highest BCUT2D eigenvalue weighted by Gasteiger charge is 2.18. The van der Waals surface area contributed by atoms with Crippen molar-refractivity contribution in [3.63, 3.8) is 0 Å². The van der Waals surface area contributed by atoms with Crippen LogP contribution in [0.5, 0.6) is 0 Å². The fourth-order valence-electron chi connectivity index (χ4n) is 2.16. The standard InChI is InChI=1S/C16H10BrFOS/c1-9-5-6-14(18)11(7-9)15(19)12-8-20-16-10(12)3-2-4-13(16)17/h2-8H,1H3. The maximum atomic E-state index is 13.9. The Morgan fingerprint density at radius 2 is 2.00 bits per heavy atom. The van der Waals surface area contributed by atoms with E-state index in [-0.39, 0.29) is 11.3 Å². The Hall–Kier alpha value is -1.52. The van der Waals surface area contributed by atoms with Crippen LogP contribution < -0.4 is 0 Å². The van der Waals surface area contributed by atoms with Crippen molar-refractivity contribution in [1.29, 1.82) is 0 Å². The predicted octanol–water partition coefficient (Wildman–Crippen LogP) is 5.34. The SMILES string of the molecule is Cc1ccc(F)c(C(=O)c2csc3c(Br)cccc23)c1. The molecule has 20 heavy (non-hydrogen) atoms. The number of hydrogen-bond acceptors (Lipinski definition) is 2. The first-order valence-electron chi connectivity index (χ1n) is 6.04. The van der Waals surface area contributed by atoms with Gasteiger partial charge in [-0.15, -0.1) is 11.3 Å². The summed E-state index contributed by atoms with van der Waals surface area (Å²) in [7, 11) is 0. The Balaban J connectivity index is 2.18. The van der Waals surface area contributed by atoms with Gasteiger partial charge in [0.05, 0.1) is 5.56 Å². The van der Waals surface area contributed by atoms with Crippen molar-refractivity contribution < 1.29 is 9.18 Å². The van der Waals surface area contributed by atoms with Crippen LogP contribution in [0.1, 0.15) is 21.5 Å². The number of hydrogen-bond donors (Lipinski definition) is 0. The molecule has 0 N–H and O–H groups in total. The van der Waals surface area contributed by atoms with Crippen LogP contribution in [0.2, 0.25) is 0 Å². The molecule has 0 aliphatic rings. The van der Waals surface area contributed by atoms with E-state index in [1.165, 1.54) is 17.4 Å². The molecule has 4 heteroatoms. The second-order valence-corrected chi connectivity index (χ2v) is 6.31. The van der Waals surface area contributed by atoms with Gasteiger partial charge >= 0.3 is 0 Å². The third-order valence-electron chi connectivity index (χ3n) is 3.16. The van der Waals surface area contributed by atoms with Crippen molar-refractivity contribution in [1.82, 2.24) is 0 Å². The quantitative estimate of drug-likeness (QED) is 0.571. The van der Waals surface area contributed by atoms with E-state index in [1.54, 1.807) is 17.5 Å². The number of halogens is 2. The zero-order valence-electron chi connectivity index (χ0n) is 10.6. The van der Waals surface area contributed by atoms with Gasteiger partial charge in [0.25, 0.3) is 0 Å². The van der Waals surface area contributed by atoms with Crippen LogP contribution in [0, 0.1) is 12.7 Å². The van der Waals surface area contributed by atoms with Gasteiger partial charge in [0.15, 0.2) is 5.78 Å². The van der Waals surface area contributed by atoms with E-state index in [0.717, 1.165) is 20.1 Å². The van der Waals surface area contributed by atoms with E-state index in [2.05, 4.69) is 15.9 Å². The van der Waals surface area contributed by atoms with Crippen molar-refractivity contribution in [3.8, 4) is 0 Å². The van der Waals surface area contributed by atoms with Crippen LogP contribution in [0.25, 0.3) is 10.1 Å². The monoisotopic (exact) mass is 348 g/mol. The molecule has 0 atom stereocenters. The van der Waals surface area contributed by atoms with Crippen LogP contribution in [0.15, 0.2) is 46.3 Å². The van der Waals surface area contributed by atoms with Crippen LogP contribution in [0.3, 0.4) is 0 Å². The number of benzene rings is 2. The summed E-state index contributed by atoms with van der Waals surface area (Å²) >= 11 is 4.95. The van der Waals surface area contributed by atoms with E-state index in [4.69, 9.17) is 0 Å². The highest BCUT2D eigenvalue weighted by Crippen LogP contribution is 2.33. The lowest BCUT2D eigenvalue weighted by Crippen LogP contribution is -2.04. The van der Waals surface area contributed by atoms with E-state index in [1.807, 2.05) is 25.1 Å². The number of rotatable bonds is 2. The first-order valence-corrected chi connectivity index (χ1v) is 7.72. The highest BCUT2D eigenvalue weighted by atomic mass is 79.9. The molecule has 1 nitrogen and oxygen atoms in total. The summed E-state index contributed by atoms with van der Waals surface area (Å²) in [5.41, 5.74) is 1.55. The molecular weight excluding hydrogens is 339 g/mol. The normalized spacial score (nSPS) is 10.9. The smallest absolute Gasteiger partial charge is 0.197 e. The lowest BCUT2D eigenvalue weighted by molar-refractivity contribution is 0.103. The van der Waals surface area contributed by atoms with Crippen LogP contribution >= 0.6 is 27.3 Å². The molecule has 0 bridgehead atoms. The minimum atomic E-state index is -0.477. The summed E-state index contributed by atoms with van der Waals surface area (Å²) in [5, 5.41) is 2.65. The van der Waals surface area contributed by atoms with Gasteiger partial charge in [0.1, 0.15) is 5.82 Å². The third kappa shape index (κ3) is 2.19. The van der Waals surface area contributed by atoms with Crippen LogP contribution in [-0.2, 0) is 0 Å². The molecule has 0 saturated carbocycles. The average Bonchev–Trinajstić information content (AvgIpc) is 2.86. The lowest BCUT2D eigenvalue weighted by atomic mass is 10.0. The van der Waals surface area contributed by atoms with Gasteiger partial charge in [0.2, 0.25) is 0 Å². The largest absolute Gasteiger partial charge is 0.288 e. The molecule has 0 unspecified atom stereocenters. The maximum absolute atomic E-state index is 13.9. The Bertz CT molecular complexity index is 822. The minimum absolute atomic E-state index is 0.129. The van der Waals surface area contributed by atoms with Gasteiger partial charge in [0, 0.05) is 25.5 Å². The summed E-state index contributed by atoms with van der Waals surface area (Å²) in [6, 6.07) is 10.3. The number of carbonyl (C=O) groups excluding carboxylic acids is 1. The molecule has 3 aromatic rings. The fraction of sp³-hybridized carbons (Fsp3) is 0.0625. The summed E-state index contributed by atoms with van der Waals surface area (Å²) in [4.78, 5) is 12.6. The fourth-order valence-corrected chi connectivity index (χ4v) is 3.76. The molecule has 0 aliphatic carbocycles. The van der Waals surface area contributed by atoms with Gasteiger partial charge in [-0.25, -0.2) is 4.39 Å². The Morgan fingerprint density at radius 3 is 2.80 bits per heavy atom. The van der Waals surface area contributed by atoms with Gasteiger partial charge in [-0.05, 0) is 41.1 Å². The first kappa shape index (κ1) is 13.5. The van der Waals surface area contributed by atoms with Crippen molar-refractivity contribution in [2.45, 2.75) is 6.92 Å². The second-order valence-electron chi connectivity index (χ2n) is 4.58. The molecule has 0 amide bonds. The third-order valence-corrected chi connectivity index (χ3v) is 5.12. The Kier molecular flexibility index (Phi) is 3.44. The predicted molar refractivity (Wildman–Crippen MR) is 84.1 cm³/mol. The van der Waals surface area contributed by atoms with Gasteiger partial charge < -0.3 is 0 Å². The number of fused-ring (bicyclic) bond motifs is 1. The zero-order valence-corrected chi connectivity index (χ0v) is 13.0. The van der Waals surface area contributed by atoms with Crippen molar-refractivity contribution in [3.05, 3.63) is 68.8 Å². The van der Waals surface area contributed by atoms with Gasteiger partial charge in [-0.3, -0.25) is 4.79 Å². The molecule has 0 radical (unpaired) electrons. The molecular formula is C16H10BrFOS. The molecule has 0 fully saturated rings. The lowest BCUT2D eigenvalue weighted by Gasteiger charge is -2.03. The highest BCUT2D eigenvalue weighted by molar-refractivity contribution is 9.10. The molecule has 3 rings (SSSR count).